The van der Waals surface area contributed by atoms with Gasteiger partial charge < -0.3 is 0 Å². The summed E-state index contributed by atoms with van der Waals surface area (Å²) in [5.41, 5.74) is 5.54. The van der Waals surface area contributed by atoms with Crippen LogP contribution in [0.3, 0.4) is 0 Å². The molecule has 28 heavy (non-hydrogen) atoms. The highest BCUT2D eigenvalue weighted by atomic mass is 14.3. The zero-order valence-corrected chi connectivity index (χ0v) is 15.2. The summed E-state index contributed by atoms with van der Waals surface area (Å²) < 4.78 is 0. The van der Waals surface area contributed by atoms with Gasteiger partial charge in [-0.25, -0.2) is 0 Å². The second-order valence-electron chi connectivity index (χ2n) is 7.71. The monoisotopic (exact) mass is 352 g/mol. The highest BCUT2D eigenvalue weighted by Gasteiger charge is 2.26. The average Bonchev–Trinajstić information content (AvgIpc) is 3.10. The molecule has 0 heteroatoms. The number of hydrogen-bond donors (Lipinski definition) is 0. The largest absolute Gasteiger partial charge is 0.0616 e. The van der Waals surface area contributed by atoms with E-state index in [0.717, 1.165) is 0 Å². The lowest BCUT2D eigenvalue weighted by Gasteiger charge is -2.15. The van der Waals surface area contributed by atoms with Gasteiger partial charge in [0.25, 0.3) is 0 Å². The first-order valence-corrected chi connectivity index (χ1v) is 9.80. The molecule has 0 heterocycles. The zero-order valence-electron chi connectivity index (χ0n) is 15.2. The Hall–Kier alpha value is -3.64. The molecule has 7 rings (SSSR count). The standard InChI is InChI=1S/C28H16/c1-2-10-19-17(7-1)15-16-22-20-11-3-4-12-21(20)27-23-13-5-8-18-9-6-14-24(25(18)23)28(27)26(19)22/h1-16H. The molecular formula is C28H16. The van der Waals surface area contributed by atoms with Crippen molar-refractivity contribution in [1.82, 2.24) is 0 Å². The molecule has 1 aliphatic rings. The molecule has 0 unspecified atom stereocenters. The third-order valence-corrected chi connectivity index (χ3v) is 6.36. The van der Waals surface area contributed by atoms with Crippen LogP contribution in [-0.4, -0.2) is 0 Å². The van der Waals surface area contributed by atoms with Gasteiger partial charge in [-0.05, 0) is 65.3 Å². The van der Waals surface area contributed by atoms with Gasteiger partial charge in [-0.3, -0.25) is 0 Å². The number of benzene rings is 6. The molecule has 0 bridgehead atoms. The van der Waals surface area contributed by atoms with Crippen molar-refractivity contribution in [3.05, 3.63) is 97.1 Å². The summed E-state index contributed by atoms with van der Waals surface area (Å²) in [5.74, 6) is 0. The van der Waals surface area contributed by atoms with E-state index in [9.17, 15) is 0 Å². The van der Waals surface area contributed by atoms with Crippen LogP contribution in [0.5, 0.6) is 0 Å². The molecule has 0 radical (unpaired) electrons. The van der Waals surface area contributed by atoms with Crippen molar-refractivity contribution in [2.45, 2.75) is 0 Å². The minimum Gasteiger partial charge on any atom is -0.0616 e. The molecule has 0 N–H and O–H groups in total. The Labute approximate surface area is 162 Å². The predicted molar refractivity (Wildman–Crippen MR) is 121 cm³/mol. The van der Waals surface area contributed by atoms with Crippen molar-refractivity contribution in [2.75, 3.05) is 0 Å². The van der Waals surface area contributed by atoms with Crippen LogP contribution in [0.25, 0.3) is 65.3 Å². The lowest BCUT2D eigenvalue weighted by Crippen LogP contribution is -1.87. The van der Waals surface area contributed by atoms with E-state index >= 15 is 0 Å². The third-order valence-electron chi connectivity index (χ3n) is 6.36. The molecule has 0 fully saturated rings. The molecule has 1 aliphatic carbocycles. The van der Waals surface area contributed by atoms with Gasteiger partial charge in [0.05, 0.1) is 0 Å². The highest BCUT2D eigenvalue weighted by molar-refractivity contribution is 6.34. The molecule has 0 saturated carbocycles. The Morgan fingerprint density at radius 2 is 0.964 bits per heavy atom. The van der Waals surface area contributed by atoms with E-state index in [1.807, 2.05) is 0 Å². The summed E-state index contributed by atoms with van der Waals surface area (Å²) >= 11 is 0. The van der Waals surface area contributed by atoms with Crippen LogP contribution >= 0.6 is 0 Å². The third kappa shape index (κ3) is 1.62. The Morgan fingerprint density at radius 1 is 0.321 bits per heavy atom. The van der Waals surface area contributed by atoms with Crippen molar-refractivity contribution in [2.24, 2.45) is 0 Å². The van der Waals surface area contributed by atoms with Crippen LogP contribution in [0.2, 0.25) is 0 Å². The molecule has 0 atom stereocenters. The van der Waals surface area contributed by atoms with E-state index in [0.29, 0.717) is 0 Å². The lowest BCUT2D eigenvalue weighted by atomic mass is 9.88. The minimum atomic E-state index is 1.30. The van der Waals surface area contributed by atoms with Crippen LogP contribution in [0.15, 0.2) is 97.1 Å². The first-order valence-electron chi connectivity index (χ1n) is 9.80. The van der Waals surface area contributed by atoms with E-state index in [1.165, 1.54) is 65.3 Å². The summed E-state index contributed by atoms with van der Waals surface area (Å²) in [6, 6.07) is 35.7. The Balaban J connectivity index is 1.88. The molecule has 0 saturated heterocycles. The van der Waals surface area contributed by atoms with Crippen LogP contribution in [0, 0.1) is 0 Å². The topological polar surface area (TPSA) is 0 Å². The number of fused-ring (bicyclic) bond motifs is 10. The molecule has 0 spiro atoms. The van der Waals surface area contributed by atoms with E-state index in [-0.39, 0.29) is 0 Å². The van der Waals surface area contributed by atoms with E-state index in [2.05, 4.69) is 97.1 Å². The fourth-order valence-corrected chi connectivity index (χ4v) is 5.27. The summed E-state index contributed by atoms with van der Waals surface area (Å²) in [7, 11) is 0. The molecule has 0 aromatic heterocycles. The minimum absolute atomic E-state index is 1.30. The maximum absolute atomic E-state index is 2.31. The lowest BCUT2D eigenvalue weighted by molar-refractivity contribution is 1.76. The Morgan fingerprint density at radius 3 is 1.79 bits per heavy atom. The normalized spacial score (nSPS) is 12.3. The molecule has 0 aliphatic heterocycles. The van der Waals surface area contributed by atoms with E-state index in [4.69, 9.17) is 0 Å². The van der Waals surface area contributed by atoms with Gasteiger partial charge in [0.1, 0.15) is 0 Å². The molecule has 128 valence electrons. The van der Waals surface area contributed by atoms with Crippen molar-refractivity contribution >= 4 is 43.1 Å². The summed E-state index contributed by atoms with van der Waals surface area (Å²) in [4.78, 5) is 0. The highest BCUT2D eigenvalue weighted by Crippen LogP contribution is 2.54. The second kappa shape index (κ2) is 4.99. The van der Waals surface area contributed by atoms with Crippen molar-refractivity contribution in [3.63, 3.8) is 0 Å². The van der Waals surface area contributed by atoms with Crippen molar-refractivity contribution < 1.29 is 0 Å². The maximum Gasteiger partial charge on any atom is -0.000742 e. The summed E-state index contributed by atoms with van der Waals surface area (Å²) in [5, 5.41) is 10.8. The van der Waals surface area contributed by atoms with E-state index < -0.39 is 0 Å². The molecular weight excluding hydrogens is 336 g/mol. The first-order chi connectivity index (χ1) is 13.9. The van der Waals surface area contributed by atoms with Gasteiger partial charge in [-0.2, -0.15) is 0 Å². The van der Waals surface area contributed by atoms with Crippen LogP contribution in [-0.2, 0) is 0 Å². The number of hydrogen-bond acceptors (Lipinski definition) is 0. The summed E-state index contributed by atoms with van der Waals surface area (Å²) in [6.45, 7) is 0. The van der Waals surface area contributed by atoms with Gasteiger partial charge >= 0.3 is 0 Å². The molecule has 0 amide bonds. The van der Waals surface area contributed by atoms with Crippen molar-refractivity contribution in [1.29, 1.82) is 0 Å². The van der Waals surface area contributed by atoms with Crippen molar-refractivity contribution in [3.8, 4) is 22.3 Å². The number of rotatable bonds is 0. The maximum atomic E-state index is 2.31. The van der Waals surface area contributed by atoms with Gasteiger partial charge in [-0.1, -0.05) is 97.1 Å². The van der Waals surface area contributed by atoms with Gasteiger partial charge in [-0.15, -0.1) is 0 Å². The molecule has 6 aromatic rings. The average molecular weight is 352 g/mol. The van der Waals surface area contributed by atoms with E-state index in [1.54, 1.807) is 0 Å². The predicted octanol–water partition coefficient (Wildman–Crippen LogP) is 7.95. The first kappa shape index (κ1) is 14.4. The fraction of sp³-hybridized carbons (Fsp3) is 0. The smallest absolute Gasteiger partial charge is 0.000742 e. The van der Waals surface area contributed by atoms with Gasteiger partial charge in [0.15, 0.2) is 0 Å². The van der Waals surface area contributed by atoms with Gasteiger partial charge in [0, 0.05) is 0 Å². The van der Waals surface area contributed by atoms with Crippen LogP contribution < -0.4 is 0 Å². The van der Waals surface area contributed by atoms with Crippen LogP contribution in [0.1, 0.15) is 0 Å². The van der Waals surface area contributed by atoms with Crippen LogP contribution in [0.4, 0.5) is 0 Å². The zero-order chi connectivity index (χ0) is 18.2. The molecule has 0 nitrogen and oxygen atoms in total. The Bertz CT molecular complexity index is 1590. The quantitative estimate of drug-likeness (QED) is 0.243. The second-order valence-corrected chi connectivity index (χ2v) is 7.71. The Kier molecular flexibility index (Phi) is 2.57. The fourth-order valence-electron chi connectivity index (χ4n) is 5.27. The summed E-state index contributed by atoms with van der Waals surface area (Å²) in [6.07, 6.45) is 0. The SMILES string of the molecule is c1cc2c3c(cccc3c1)-c1c-2c2ccccc2c2ccc3ccccc3c12. The van der Waals surface area contributed by atoms with Gasteiger partial charge in [0.2, 0.25) is 0 Å². The molecule has 6 aromatic carbocycles.